The average molecular weight is 286 g/mol. The van der Waals surface area contributed by atoms with Gasteiger partial charge in [-0.15, -0.1) is 0 Å². The Balaban J connectivity index is 2.90. The van der Waals surface area contributed by atoms with Gasteiger partial charge < -0.3 is 11.1 Å². The molecule has 0 aliphatic rings. The fourth-order valence-electron chi connectivity index (χ4n) is 1.16. The zero-order valence-electron chi connectivity index (χ0n) is 11.1. The lowest BCUT2D eigenvalue weighted by Crippen LogP contribution is -2.42. The summed E-state index contributed by atoms with van der Waals surface area (Å²) in [7, 11) is -2.06. The van der Waals surface area contributed by atoms with Gasteiger partial charge in [0.1, 0.15) is 5.82 Å². The van der Waals surface area contributed by atoms with Gasteiger partial charge in [-0.2, -0.15) is 0 Å². The minimum absolute atomic E-state index is 0.0676. The number of nitrogens with two attached hydrogens (primary N) is 1. The average Bonchev–Trinajstić information content (AvgIpc) is 2.36. The van der Waals surface area contributed by atoms with E-state index >= 15 is 0 Å². The molecule has 0 atom stereocenters. The highest BCUT2D eigenvalue weighted by molar-refractivity contribution is 7.89. The molecule has 0 aliphatic carbocycles. The van der Waals surface area contributed by atoms with Crippen molar-refractivity contribution >= 4 is 21.7 Å². The number of hydrogen-bond donors (Lipinski definition) is 3. The molecule has 1 aromatic rings. The molecule has 0 bridgehead atoms. The molecule has 0 fully saturated rings. The summed E-state index contributed by atoms with van der Waals surface area (Å²) in [5.74, 6) is -0.127. The second-order valence-electron chi connectivity index (χ2n) is 4.70. The molecule has 0 spiro atoms. The van der Waals surface area contributed by atoms with E-state index in [-0.39, 0.29) is 11.4 Å². The predicted molar refractivity (Wildman–Crippen MR) is 71.9 cm³/mol. The number of aromatic nitrogens is 1. The van der Waals surface area contributed by atoms with E-state index in [1.807, 2.05) is 0 Å². The zero-order valence-corrected chi connectivity index (χ0v) is 11.9. The van der Waals surface area contributed by atoms with Crippen molar-refractivity contribution in [3.05, 3.63) is 18.3 Å². The van der Waals surface area contributed by atoms with Gasteiger partial charge in [-0.05, 0) is 19.9 Å². The van der Waals surface area contributed by atoms with Crippen molar-refractivity contribution in [1.82, 2.24) is 9.71 Å². The molecule has 1 amide bonds. The number of rotatable bonds is 6. The lowest BCUT2D eigenvalue weighted by molar-refractivity contribution is -0.125. The number of pyridine rings is 1. The Bertz CT molecular complexity index is 569. The number of nitrogens with one attached hydrogen (secondary N) is 2. The van der Waals surface area contributed by atoms with E-state index in [1.165, 1.54) is 18.3 Å². The van der Waals surface area contributed by atoms with Crippen LogP contribution in [0.1, 0.15) is 13.8 Å². The number of anilines is 1. The normalized spacial score (nSPS) is 12.2. The summed E-state index contributed by atoms with van der Waals surface area (Å²) in [6, 6.07) is 2.78. The van der Waals surface area contributed by atoms with Gasteiger partial charge in [0.25, 0.3) is 0 Å². The van der Waals surface area contributed by atoms with Crippen LogP contribution in [0.15, 0.2) is 23.2 Å². The molecule has 0 radical (unpaired) electrons. The van der Waals surface area contributed by atoms with Crippen LogP contribution in [-0.4, -0.2) is 32.9 Å². The van der Waals surface area contributed by atoms with Crippen LogP contribution in [0.4, 0.5) is 5.82 Å². The fourth-order valence-corrected chi connectivity index (χ4v) is 2.39. The van der Waals surface area contributed by atoms with E-state index in [9.17, 15) is 13.2 Å². The fraction of sp³-hybridized carbons (Fsp3) is 0.455. The monoisotopic (exact) mass is 286 g/mol. The molecular formula is C11H18N4O3S. The van der Waals surface area contributed by atoms with Gasteiger partial charge in [-0.25, -0.2) is 18.1 Å². The van der Waals surface area contributed by atoms with Crippen LogP contribution < -0.4 is 15.8 Å². The first-order valence-electron chi connectivity index (χ1n) is 5.62. The van der Waals surface area contributed by atoms with Crippen LogP contribution in [-0.2, 0) is 14.8 Å². The number of hydrogen-bond acceptors (Lipinski definition) is 5. The number of nitrogens with zero attached hydrogens (tertiary/aromatic N) is 1. The lowest BCUT2D eigenvalue weighted by Gasteiger charge is -2.20. The maximum absolute atomic E-state index is 12.1. The van der Waals surface area contributed by atoms with Gasteiger partial charge in [-0.1, -0.05) is 0 Å². The van der Waals surface area contributed by atoms with Crippen LogP contribution in [0.25, 0.3) is 0 Å². The molecular weight excluding hydrogens is 268 g/mol. The first-order valence-corrected chi connectivity index (χ1v) is 7.11. The van der Waals surface area contributed by atoms with Gasteiger partial charge in [0.2, 0.25) is 15.9 Å². The highest BCUT2D eigenvalue weighted by Crippen LogP contribution is 2.16. The van der Waals surface area contributed by atoms with Crippen molar-refractivity contribution in [1.29, 1.82) is 0 Å². The van der Waals surface area contributed by atoms with Crippen molar-refractivity contribution in [3.63, 3.8) is 0 Å². The summed E-state index contributed by atoms with van der Waals surface area (Å²) in [6.07, 6.45) is 1.39. The Labute approximate surface area is 112 Å². The molecule has 0 saturated carbocycles. The third-order valence-electron chi connectivity index (χ3n) is 2.67. The Hall–Kier alpha value is -1.67. The largest absolute Gasteiger partial charge is 0.373 e. The van der Waals surface area contributed by atoms with E-state index in [1.54, 1.807) is 20.9 Å². The van der Waals surface area contributed by atoms with Crippen molar-refractivity contribution in [2.45, 2.75) is 18.7 Å². The zero-order chi connectivity index (χ0) is 14.7. The van der Waals surface area contributed by atoms with Crippen LogP contribution in [0.5, 0.6) is 0 Å². The molecule has 0 saturated heterocycles. The second kappa shape index (κ2) is 5.54. The quantitative estimate of drug-likeness (QED) is 0.676. The van der Waals surface area contributed by atoms with Crippen molar-refractivity contribution in [2.75, 3.05) is 18.9 Å². The summed E-state index contributed by atoms with van der Waals surface area (Å²) in [6.45, 7) is 3.08. The molecule has 1 rings (SSSR count). The number of amides is 1. The molecule has 4 N–H and O–H groups in total. The smallest absolute Gasteiger partial charge is 0.240 e. The summed E-state index contributed by atoms with van der Waals surface area (Å²) in [4.78, 5) is 15.1. The molecule has 0 aromatic carbocycles. The number of sulfonamides is 1. The summed E-state index contributed by atoms with van der Waals surface area (Å²) >= 11 is 0. The van der Waals surface area contributed by atoms with Crippen molar-refractivity contribution < 1.29 is 13.2 Å². The van der Waals surface area contributed by atoms with E-state index in [0.29, 0.717) is 5.82 Å². The molecule has 106 valence electrons. The van der Waals surface area contributed by atoms with Gasteiger partial charge >= 0.3 is 0 Å². The van der Waals surface area contributed by atoms with Gasteiger partial charge in [0.05, 0.1) is 10.3 Å². The molecule has 1 heterocycles. The van der Waals surface area contributed by atoms with Crippen LogP contribution in [0.3, 0.4) is 0 Å². The first-order chi connectivity index (χ1) is 8.69. The first kappa shape index (κ1) is 15.4. The SMILES string of the molecule is CNc1cc(S(=O)(=O)NCC(C)(C)C(N)=O)ccn1. The lowest BCUT2D eigenvalue weighted by atomic mass is 9.93. The minimum Gasteiger partial charge on any atom is -0.373 e. The third kappa shape index (κ3) is 3.90. The maximum Gasteiger partial charge on any atom is 0.240 e. The highest BCUT2D eigenvalue weighted by atomic mass is 32.2. The van der Waals surface area contributed by atoms with Crippen LogP contribution in [0, 0.1) is 5.41 Å². The summed E-state index contributed by atoms with van der Waals surface area (Å²) in [5, 5.41) is 2.75. The van der Waals surface area contributed by atoms with E-state index in [4.69, 9.17) is 5.73 Å². The molecule has 19 heavy (non-hydrogen) atoms. The Kier molecular flexibility index (Phi) is 4.48. The number of primary amides is 1. The molecule has 1 aromatic heterocycles. The van der Waals surface area contributed by atoms with Gasteiger partial charge in [-0.3, -0.25) is 4.79 Å². The topological polar surface area (TPSA) is 114 Å². The van der Waals surface area contributed by atoms with Crippen molar-refractivity contribution in [2.24, 2.45) is 11.1 Å². The standard InChI is InChI=1S/C11H18N4O3S/c1-11(2,10(12)16)7-15-19(17,18)8-4-5-14-9(6-8)13-3/h4-6,15H,7H2,1-3H3,(H2,12,16)(H,13,14). The third-order valence-corrected chi connectivity index (χ3v) is 4.07. The predicted octanol–water partition coefficient (Wildman–Crippen LogP) is -0.0869. The number of carbonyl (C=O) groups is 1. The molecule has 0 aliphatic heterocycles. The van der Waals surface area contributed by atoms with E-state index in [2.05, 4.69) is 15.0 Å². The van der Waals surface area contributed by atoms with E-state index < -0.39 is 21.3 Å². The molecule has 0 unspecified atom stereocenters. The van der Waals surface area contributed by atoms with Crippen molar-refractivity contribution in [3.8, 4) is 0 Å². The Morgan fingerprint density at radius 1 is 1.47 bits per heavy atom. The Morgan fingerprint density at radius 3 is 2.63 bits per heavy atom. The summed E-state index contributed by atoms with van der Waals surface area (Å²) in [5.41, 5.74) is 4.24. The summed E-state index contributed by atoms with van der Waals surface area (Å²) < 4.78 is 26.5. The minimum atomic E-state index is -3.70. The van der Waals surface area contributed by atoms with E-state index in [0.717, 1.165) is 0 Å². The van der Waals surface area contributed by atoms with Crippen LogP contribution in [0.2, 0.25) is 0 Å². The maximum atomic E-state index is 12.1. The van der Waals surface area contributed by atoms with Gasteiger partial charge in [0, 0.05) is 25.9 Å². The second-order valence-corrected chi connectivity index (χ2v) is 6.47. The Morgan fingerprint density at radius 2 is 2.11 bits per heavy atom. The molecule has 8 heteroatoms. The number of carbonyl (C=O) groups excluding carboxylic acids is 1. The highest BCUT2D eigenvalue weighted by Gasteiger charge is 2.27. The van der Waals surface area contributed by atoms with Crippen LogP contribution >= 0.6 is 0 Å². The molecule has 7 nitrogen and oxygen atoms in total. The van der Waals surface area contributed by atoms with Gasteiger partial charge in [0.15, 0.2) is 0 Å².